The summed E-state index contributed by atoms with van der Waals surface area (Å²) in [5.41, 5.74) is 0. The molecule has 0 fully saturated rings. The zero-order chi connectivity index (χ0) is 21.7. The van der Waals surface area contributed by atoms with Gasteiger partial charge in [0.05, 0.1) is 0 Å². The summed E-state index contributed by atoms with van der Waals surface area (Å²) < 4.78 is 136. The number of hydrogen-bond donors (Lipinski definition) is 2. The third-order valence-corrected chi connectivity index (χ3v) is 1.68. The maximum atomic E-state index is 11.4. The molecule has 0 saturated heterocycles. The first-order valence-corrected chi connectivity index (χ1v) is 5.28. The summed E-state index contributed by atoms with van der Waals surface area (Å²) in [6, 6.07) is 0. The molecule has 0 aliphatic heterocycles. The van der Waals surface area contributed by atoms with E-state index < -0.39 is 59.9 Å². The van der Waals surface area contributed by atoms with Crippen LogP contribution in [0.25, 0.3) is 0 Å². The molecule has 0 saturated carbocycles. The molecule has 0 aliphatic rings. The zero-order valence-electron chi connectivity index (χ0n) is 11.7. The van der Waals surface area contributed by atoms with Crippen molar-refractivity contribution in [2.45, 2.75) is 24.7 Å². The minimum absolute atomic E-state index is 0. The van der Waals surface area contributed by atoms with Crippen molar-refractivity contribution in [3.05, 3.63) is 23.7 Å². The molecular weight excluding hydrogens is 519 g/mol. The average Bonchev–Trinajstić information content (AvgIpc) is 2.34. The molecule has 0 unspecified atom stereocenters. The first-order valence-electron chi connectivity index (χ1n) is 5.28. The normalized spacial score (nSPS) is 13.9. The molecule has 17 heteroatoms. The predicted octanol–water partition coefficient (Wildman–Crippen LogP) is 4.24. The molecular formula is C10H4F12O4Pd. The Morgan fingerprint density at radius 3 is 0.815 bits per heavy atom. The quantitative estimate of drug-likeness (QED) is 0.246. The van der Waals surface area contributed by atoms with E-state index >= 15 is 0 Å². The molecule has 4 nitrogen and oxygen atoms in total. The van der Waals surface area contributed by atoms with Crippen molar-refractivity contribution in [3.63, 3.8) is 0 Å². The fourth-order valence-corrected chi connectivity index (χ4v) is 0.576. The Balaban J connectivity index is -0.000000411. The molecule has 0 amide bonds. The Hall–Kier alpha value is -1.76. The molecule has 0 heterocycles. The maximum absolute atomic E-state index is 11.4. The van der Waals surface area contributed by atoms with Gasteiger partial charge in [0.2, 0.25) is 11.5 Å². The van der Waals surface area contributed by atoms with Crippen molar-refractivity contribution in [2.75, 3.05) is 0 Å². The molecule has 0 aliphatic carbocycles. The van der Waals surface area contributed by atoms with Gasteiger partial charge < -0.3 is 10.2 Å². The van der Waals surface area contributed by atoms with E-state index in [1.54, 1.807) is 0 Å². The van der Waals surface area contributed by atoms with Gasteiger partial charge in [0.15, 0.2) is 0 Å². The molecule has 0 aromatic carbocycles. The van der Waals surface area contributed by atoms with E-state index in [0.29, 0.717) is 0 Å². The van der Waals surface area contributed by atoms with Gasteiger partial charge in [0.25, 0.3) is 11.6 Å². The summed E-state index contributed by atoms with van der Waals surface area (Å²) in [4.78, 5) is 19.7. The number of halogens is 12. The zero-order valence-corrected chi connectivity index (χ0v) is 13.3. The largest absolute Gasteiger partial charge is 0.504 e. The Morgan fingerprint density at radius 1 is 0.519 bits per heavy atom. The van der Waals surface area contributed by atoms with Crippen LogP contribution in [0.3, 0.4) is 0 Å². The second kappa shape index (κ2) is 9.97. The average molecular weight is 523 g/mol. The second-order valence-corrected chi connectivity index (χ2v) is 3.78. The van der Waals surface area contributed by atoms with Crippen LogP contribution in [0.5, 0.6) is 0 Å². The summed E-state index contributed by atoms with van der Waals surface area (Å²) in [5, 5.41) is 15.9. The SMILES string of the molecule is O=C(/C=C(\O)C(F)(F)F)C(F)(F)F.O=C(/C=C(\O)C(F)(F)F)C(F)(F)F.[Pd]. The minimum atomic E-state index is -5.42. The van der Waals surface area contributed by atoms with Crippen LogP contribution >= 0.6 is 0 Å². The van der Waals surface area contributed by atoms with Crippen LogP contribution in [0.1, 0.15) is 0 Å². The number of aliphatic hydroxyl groups is 2. The molecule has 0 aromatic rings. The molecule has 0 spiro atoms. The monoisotopic (exact) mass is 522 g/mol. The number of carbonyl (C=O) groups is 2. The Bertz CT molecular complexity index is 527. The van der Waals surface area contributed by atoms with Gasteiger partial charge in [-0.1, -0.05) is 0 Å². The van der Waals surface area contributed by atoms with Crippen LogP contribution in [0.4, 0.5) is 52.7 Å². The van der Waals surface area contributed by atoms with Gasteiger partial charge in [0, 0.05) is 32.6 Å². The Labute approximate surface area is 153 Å². The van der Waals surface area contributed by atoms with Gasteiger partial charge in [-0.25, -0.2) is 0 Å². The van der Waals surface area contributed by atoms with Crippen molar-refractivity contribution < 1.29 is 92.9 Å². The van der Waals surface area contributed by atoms with Crippen molar-refractivity contribution >= 4 is 11.6 Å². The molecule has 0 bridgehead atoms. The predicted molar refractivity (Wildman–Crippen MR) is 55.7 cm³/mol. The van der Waals surface area contributed by atoms with Gasteiger partial charge in [0.1, 0.15) is 0 Å². The first kappa shape index (κ1) is 30.0. The van der Waals surface area contributed by atoms with Crippen LogP contribution in [0.15, 0.2) is 23.7 Å². The van der Waals surface area contributed by atoms with E-state index in [9.17, 15) is 62.3 Å². The Morgan fingerprint density at radius 2 is 0.704 bits per heavy atom. The Kier molecular flexibility index (Phi) is 11.1. The first-order chi connectivity index (χ1) is 11.1. The van der Waals surface area contributed by atoms with E-state index in [2.05, 4.69) is 0 Å². The number of carbonyl (C=O) groups excluding carboxylic acids is 2. The maximum Gasteiger partial charge on any atom is 0.454 e. The van der Waals surface area contributed by atoms with Crippen LogP contribution in [0.2, 0.25) is 0 Å². The molecule has 0 aromatic heterocycles. The van der Waals surface area contributed by atoms with Crippen molar-refractivity contribution in [1.82, 2.24) is 0 Å². The smallest absolute Gasteiger partial charge is 0.454 e. The van der Waals surface area contributed by atoms with Crippen LogP contribution in [0, 0.1) is 0 Å². The number of allylic oxidation sites excluding steroid dienone is 4. The standard InChI is InChI=1S/2C5H2F6O2.Pd/c2*6-4(7,8)2(12)1-3(13)5(9,10)11;/h2*1,12H;/b2*2-1-;. The summed E-state index contributed by atoms with van der Waals surface area (Å²) in [5.74, 6) is -10.7. The van der Waals surface area contributed by atoms with Gasteiger partial charge >= 0.3 is 24.7 Å². The van der Waals surface area contributed by atoms with E-state index in [1.165, 1.54) is 0 Å². The summed E-state index contributed by atoms with van der Waals surface area (Å²) >= 11 is 0. The van der Waals surface area contributed by atoms with Crippen LogP contribution in [-0.4, -0.2) is 46.5 Å². The third-order valence-electron chi connectivity index (χ3n) is 1.68. The van der Waals surface area contributed by atoms with E-state index in [4.69, 9.17) is 10.2 Å². The second-order valence-electron chi connectivity index (χ2n) is 3.78. The van der Waals surface area contributed by atoms with E-state index in [1.807, 2.05) is 0 Å². The summed E-state index contributed by atoms with van der Waals surface area (Å²) in [6.45, 7) is 0. The van der Waals surface area contributed by atoms with Crippen molar-refractivity contribution in [3.8, 4) is 0 Å². The fourth-order valence-electron chi connectivity index (χ4n) is 0.576. The van der Waals surface area contributed by atoms with Crippen molar-refractivity contribution in [2.24, 2.45) is 0 Å². The third kappa shape index (κ3) is 13.1. The van der Waals surface area contributed by atoms with Gasteiger partial charge in [-0.2, -0.15) is 52.7 Å². The van der Waals surface area contributed by atoms with E-state index in [0.717, 1.165) is 0 Å². The molecule has 2 N–H and O–H groups in total. The molecule has 0 atom stereocenters. The molecule has 27 heavy (non-hydrogen) atoms. The topological polar surface area (TPSA) is 74.6 Å². The number of rotatable bonds is 2. The van der Waals surface area contributed by atoms with E-state index in [-0.39, 0.29) is 20.4 Å². The number of aliphatic hydroxyl groups excluding tert-OH is 2. The van der Waals surface area contributed by atoms with Gasteiger partial charge in [-0.3, -0.25) is 9.59 Å². The van der Waals surface area contributed by atoms with Crippen LogP contribution < -0.4 is 0 Å². The number of alkyl halides is 12. The molecule has 162 valence electrons. The van der Waals surface area contributed by atoms with Gasteiger partial charge in [-0.15, -0.1) is 0 Å². The molecule has 0 rings (SSSR count). The van der Waals surface area contributed by atoms with Crippen molar-refractivity contribution in [1.29, 1.82) is 0 Å². The molecule has 0 radical (unpaired) electrons. The summed E-state index contributed by atoms with van der Waals surface area (Å²) in [6.07, 6.45) is -23.4. The minimum Gasteiger partial charge on any atom is -0.504 e. The fraction of sp³-hybridized carbons (Fsp3) is 0.400. The van der Waals surface area contributed by atoms with Crippen LogP contribution in [-0.2, 0) is 30.0 Å². The summed E-state index contributed by atoms with van der Waals surface area (Å²) in [7, 11) is 0. The number of hydrogen-bond acceptors (Lipinski definition) is 4. The number of ketones is 2. The van der Waals surface area contributed by atoms with Gasteiger partial charge in [-0.05, 0) is 0 Å².